The van der Waals surface area contributed by atoms with Crippen LogP contribution in [-0.4, -0.2) is 33.9 Å². The van der Waals surface area contributed by atoms with E-state index in [1.165, 1.54) is 7.11 Å². The first-order chi connectivity index (χ1) is 14.9. The second-order valence-electron chi connectivity index (χ2n) is 7.31. The van der Waals surface area contributed by atoms with Crippen molar-refractivity contribution < 1.29 is 22.7 Å². The van der Waals surface area contributed by atoms with E-state index in [1.807, 2.05) is 0 Å². The number of hydrogen-bond donors (Lipinski definition) is 0. The van der Waals surface area contributed by atoms with E-state index in [2.05, 4.69) is 0 Å². The molecule has 0 spiro atoms. The molecule has 0 fully saturated rings. The smallest absolute Gasteiger partial charge is 0.337 e. The molecule has 7 heteroatoms. The Morgan fingerprint density at radius 2 is 1.61 bits per heavy atom. The average molecular weight is 436 g/mol. The van der Waals surface area contributed by atoms with Crippen LogP contribution < -0.4 is 4.90 Å². The van der Waals surface area contributed by atoms with Crippen molar-refractivity contribution in [2.24, 2.45) is 0 Å². The van der Waals surface area contributed by atoms with Gasteiger partial charge in [-0.25, -0.2) is 13.2 Å². The number of benzene rings is 3. The molecular weight excluding hydrogens is 414 g/mol. The molecule has 1 aliphatic rings. The number of esters is 1. The van der Waals surface area contributed by atoms with Crippen LogP contribution in [0.3, 0.4) is 0 Å². The third-order valence-electron chi connectivity index (χ3n) is 5.30. The fraction of sp³-hybridized carbons (Fsp3) is 0.167. The van der Waals surface area contributed by atoms with E-state index in [9.17, 15) is 18.0 Å². The number of methoxy groups -OCH3 is 1. The molecule has 1 aliphatic heterocycles. The summed E-state index contributed by atoms with van der Waals surface area (Å²) in [6.45, 7) is 0.517. The minimum absolute atomic E-state index is 0.131. The van der Waals surface area contributed by atoms with Crippen LogP contribution in [0.15, 0.2) is 77.7 Å². The lowest BCUT2D eigenvalue weighted by atomic mass is 10.1. The van der Waals surface area contributed by atoms with Gasteiger partial charge in [-0.2, -0.15) is 0 Å². The number of ether oxygens (including phenoxy) is 1. The summed E-state index contributed by atoms with van der Waals surface area (Å²) < 4.78 is 29.9. The van der Waals surface area contributed by atoms with Gasteiger partial charge in [0.1, 0.15) is 0 Å². The Morgan fingerprint density at radius 3 is 2.29 bits per heavy atom. The van der Waals surface area contributed by atoms with Crippen LogP contribution in [-0.2, 0) is 26.7 Å². The number of sulfone groups is 1. The van der Waals surface area contributed by atoms with Gasteiger partial charge in [-0.05, 0) is 60.0 Å². The molecule has 0 saturated carbocycles. The maximum absolute atomic E-state index is 13.0. The summed E-state index contributed by atoms with van der Waals surface area (Å²) in [5.74, 6) is -0.704. The summed E-state index contributed by atoms with van der Waals surface area (Å²) in [5.41, 5.74) is 3.24. The summed E-state index contributed by atoms with van der Waals surface area (Å²) in [5, 5.41) is 0. The first-order valence-electron chi connectivity index (χ1n) is 9.79. The topological polar surface area (TPSA) is 80.8 Å². The molecule has 6 nitrogen and oxygen atoms in total. The summed E-state index contributed by atoms with van der Waals surface area (Å²) in [6.07, 6.45) is 0.652. The van der Waals surface area contributed by atoms with Gasteiger partial charge in [0, 0.05) is 17.8 Å². The van der Waals surface area contributed by atoms with E-state index in [0.717, 1.165) is 11.3 Å². The largest absolute Gasteiger partial charge is 0.465 e. The molecule has 0 aliphatic carbocycles. The molecule has 3 aromatic carbocycles. The molecule has 1 heterocycles. The average Bonchev–Trinajstić information content (AvgIpc) is 3.22. The zero-order valence-electron chi connectivity index (χ0n) is 16.9. The number of rotatable bonds is 5. The number of anilines is 1. The van der Waals surface area contributed by atoms with Gasteiger partial charge in [0.2, 0.25) is 0 Å². The maximum atomic E-state index is 13.0. The molecule has 0 saturated heterocycles. The van der Waals surface area contributed by atoms with Crippen LogP contribution in [0.5, 0.6) is 0 Å². The second kappa shape index (κ2) is 8.35. The molecule has 31 heavy (non-hydrogen) atoms. The van der Waals surface area contributed by atoms with Crippen LogP contribution >= 0.6 is 0 Å². The highest BCUT2D eigenvalue weighted by Gasteiger charge is 2.26. The van der Waals surface area contributed by atoms with Gasteiger partial charge >= 0.3 is 5.97 Å². The SMILES string of the molecule is COC(=O)c1ccc2c(c1)CCN2C(=O)c1ccc(CS(=O)(=O)c2ccccc2)cc1. The predicted octanol–water partition coefficient (Wildman–Crippen LogP) is 3.65. The van der Waals surface area contributed by atoms with Crippen molar-refractivity contribution in [1.29, 1.82) is 0 Å². The van der Waals surface area contributed by atoms with E-state index in [-0.39, 0.29) is 16.6 Å². The van der Waals surface area contributed by atoms with Crippen molar-refractivity contribution in [2.75, 3.05) is 18.6 Å². The van der Waals surface area contributed by atoms with E-state index < -0.39 is 15.8 Å². The molecule has 0 aromatic heterocycles. The van der Waals surface area contributed by atoms with Crippen molar-refractivity contribution >= 4 is 27.4 Å². The highest BCUT2D eigenvalue weighted by molar-refractivity contribution is 7.90. The number of carbonyl (C=O) groups excluding carboxylic acids is 2. The zero-order valence-corrected chi connectivity index (χ0v) is 17.8. The number of carbonyl (C=O) groups is 2. The lowest BCUT2D eigenvalue weighted by molar-refractivity contribution is 0.0600. The normalized spacial score (nSPS) is 13.0. The van der Waals surface area contributed by atoms with Gasteiger partial charge in [0.15, 0.2) is 9.84 Å². The van der Waals surface area contributed by atoms with Gasteiger partial charge in [-0.1, -0.05) is 30.3 Å². The number of nitrogens with zero attached hydrogens (tertiary/aromatic N) is 1. The Labute approximate surface area is 181 Å². The summed E-state index contributed by atoms with van der Waals surface area (Å²) in [6, 6.07) is 20.1. The third-order valence-corrected chi connectivity index (χ3v) is 7.00. The number of amides is 1. The first-order valence-corrected chi connectivity index (χ1v) is 11.4. The molecule has 0 N–H and O–H groups in total. The fourth-order valence-corrected chi connectivity index (χ4v) is 5.06. The van der Waals surface area contributed by atoms with Crippen LogP contribution in [0.4, 0.5) is 5.69 Å². The Hall–Kier alpha value is -3.45. The van der Waals surface area contributed by atoms with Crippen LogP contribution in [0.25, 0.3) is 0 Å². The highest BCUT2D eigenvalue weighted by Crippen LogP contribution is 2.30. The predicted molar refractivity (Wildman–Crippen MR) is 117 cm³/mol. The van der Waals surface area contributed by atoms with Gasteiger partial charge in [-0.3, -0.25) is 4.79 Å². The van der Waals surface area contributed by atoms with Crippen molar-refractivity contribution in [3.8, 4) is 0 Å². The van der Waals surface area contributed by atoms with Crippen LogP contribution in [0.1, 0.15) is 31.8 Å². The first kappa shape index (κ1) is 20.8. The molecule has 4 rings (SSSR count). The van der Waals surface area contributed by atoms with Gasteiger partial charge < -0.3 is 9.64 Å². The Bertz CT molecular complexity index is 1230. The van der Waals surface area contributed by atoms with Crippen molar-refractivity contribution in [2.45, 2.75) is 17.1 Å². The Morgan fingerprint density at radius 1 is 0.935 bits per heavy atom. The molecule has 1 amide bonds. The Kier molecular flexibility index (Phi) is 5.61. The molecule has 0 atom stereocenters. The minimum Gasteiger partial charge on any atom is -0.465 e. The Balaban J connectivity index is 1.51. The van der Waals surface area contributed by atoms with Gasteiger partial charge in [0.25, 0.3) is 5.91 Å². The summed E-state index contributed by atoms with van der Waals surface area (Å²) in [7, 11) is -2.12. The molecule has 3 aromatic rings. The second-order valence-corrected chi connectivity index (χ2v) is 9.30. The number of fused-ring (bicyclic) bond motifs is 1. The molecule has 0 bridgehead atoms. The molecule has 0 radical (unpaired) electrons. The molecular formula is C24H21NO5S. The third kappa shape index (κ3) is 4.22. The van der Waals surface area contributed by atoms with Crippen molar-refractivity contribution in [1.82, 2.24) is 0 Å². The van der Waals surface area contributed by atoms with Gasteiger partial charge in [0.05, 0.1) is 23.3 Å². The quantitative estimate of drug-likeness (QED) is 0.572. The lowest BCUT2D eigenvalue weighted by Gasteiger charge is -2.18. The summed E-state index contributed by atoms with van der Waals surface area (Å²) in [4.78, 5) is 26.7. The molecule has 0 unspecified atom stereocenters. The van der Waals surface area contributed by atoms with Crippen LogP contribution in [0, 0.1) is 0 Å². The monoisotopic (exact) mass is 435 g/mol. The molecule has 158 valence electrons. The van der Waals surface area contributed by atoms with Gasteiger partial charge in [-0.15, -0.1) is 0 Å². The fourth-order valence-electron chi connectivity index (χ4n) is 3.69. The maximum Gasteiger partial charge on any atom is 0.337 e. The van der Waals surface area contributed by atoms with E-state index in [0.29, 0.717) is 29.7 Å². The minimum atomic E-state index is -3.45. The van der Waals surface area contributed by atoms with E-state index in [1.54, 1.807) is 77.7 Å². The van der Waals surface area contributed by atoms with Crippen LogP contribution in [0.2, 0.25) is 0 Å². The summed E-state index contributed by atoms with van der Waals surface area (Å²) >= 11 is 0. The van der Waals surface area contributed by atoms with Crippen molar-refractivity contribution in [3.05, 3.63) is 95.1 Å². The van der Waals surface area contributed by atoms with Crippen molar-refractivity contribution in [3.63, 3.8) is 0 Å². The lowest BCUT2D eigenvalue weighted by Crippen LogP contribution is -2.28. The number of hydrogen-bond acceptors (Lipinski definition) is 5. The van der Waals surface area contributed by atoms with E-state index in [4.69, 9.17) is 4.74 Å². The van der Waals surface area contributed by atoms with E-state index >= 15 is 0 Å². The standard InChI is InChI=1S/C24H21NO5S/c1-30-24(27)20-11-12-22-19(15-20)13-14-25(22)23(26)18-9-7-17(8-10-18)16-31(28,29)21-5-3-2-4-6-21/h2-12,15H,13-14,16H2,1H3. The zero-order chi connectivity index (χ0) is 22.0. The highest BCUT2D eigenvalue weighted by atomic mass is 32.2.